The lowest BCUT2D eigenvalue weighted by molar-refractivity contribution is -0.120. The van der Waals surface area contributed by atoms with E-state index in [1.54, 1.807) is 0 Å². The molecule has 29 heavy (non-hydrogen) atoms. The molecule has 10 heteroatoms. The van der Waals surface area contributed by atoms with Crippen LogP contribution in [0.3, 0.4) is 0 Å². The average molecular weight is 445 g/mol. The van der Waals surface area contributed by atoms with Crippen molar-refractivity contribution in [3.8, 4) is 5.75 Å². The molecule has 1 aliphatic rings. The van der Waals surface area contributed by atoms with E-state index in [1.807, 2.05) is 0 Å². The first kappa shape index (κ1) is 21.5. The van der Waals surface area contributed by atoms with Crippen LogP contribution < -0.4 is 10.1 Å². The van der Waals surface area contributed by atoms with E-state index in [4.69, 9.17) is 16.3 Å². The van der Waals surface area contributed by atoms with Crippen molar-refractivity contribution in [1.29, 1.82) is 0 Å². The number of nitrogens with one attached hydrogen (secondary N) is 1. The Hall–Kier alpha value is -2.23. The summed E-state index contributed by atoms with van der Waals surface area (Å²) in [6.07, 6.45) is 0.962. The molecule has 0 unspecified atom stereocenters. The summed E-state index contributed by atoms with van der Waals surface area (Å²) in [7, 11) is -2.43. The number of amides is 1. The predicted octanol–water partition coefficient (Wildman–Crippen LogP) is 3.67. The van der Waals surface area contributed by atoms with E-state index >= 15 is 0 Å². The number of sulfonamides is 1. The quantitative estimate of drug-likeness (QED) is 0.763. The van der Waals surface area contributed by atoms with Crippen molar-refractivity contribution in [3.05, 3.63) is 53.1 Å². The maximum absolute atomic E-state index is 13.3. The summed E-state index contributed by atoms with van der Waals surface area (Å²) < 4.78 is 58.5. The minimum atomic E-state index is -3.86. The lowest BCUT2D eigenvalue weighted by Crippen LogP contribution is -2.43. The summed E-state index contributed by atoms with van der Waals surface area (Å²) >= 11 is 6.04. The topological polar surface area (TPSA) is 75.7 Å². The molecular weight excluding hydrogens is 426 g/mol. The average Bonchev–Trinajstić information content (AvgIpc) is 2.70. The number of rotatable bonds is 5. The molecule has 0 bridgehead atoms. The fourth-order valence-electron chi connectivity index (χ4n) is 3.15. The second-order valence-electron chi connectivity index (χ2n) is 6.62. The molecule has 0 aliphatic carbocycles. The van der Waals surface area contributed by atoms with Gasteiger partial charge in [-0.3, -0.25) is 4.79 Å². The molecule has 1 amide bonds. The molecule has 2 aromatic rings. The molecular formula is C19H19ClF2N2O4S. The van der Waals surface area contributed by atoms with E-state index in [-0.39, 0.29) is 28.7 Å². The molecule has 1 heterocycles. The number of hydrogen-bond acceptors (Lipinski definition) is 4. The van der Waals surface area contributed by atoms with Gasteiger partial charge in [0.1, 0.15) is 5.75 Å². The first-order valence-corrected chi connectivity index (χ1v) is 10.6. The molecule has 156 valence electrons. The molecule has 0 radical (unpaired) electrons. The van der Waals surface area contributed by atoms with Crippen LogP contribution in [-0.2, 0) is 14.8 Å². The zero-order valence-electron chi connectivity index (χ0n) is 15.5. The van der Waals surface area contributed by atoms with Gasteiger partial charge in [0, 0.05) is 24.8 Å². The third kappa shape index (κ3) is 4.68. The van der Waals surface area contributed by atoms with Gasteiger partial charge in [-0.15, -0.1) is 0 Å². The first-order chi connectivity index (χ1) is 13.7. The highest BCUT2D eigenvalue weighted by Crippen LogP contribution is 2.30. The van der Waals surface area contributed by atoms with Crippen molar-refractivity contribution < 1.29 is 26.7 Å². The lowest BCUT2D eigenvalue weighted by atomic mass is 9.98. The highest BCUT2D eigenvalue weighted by atomic mass is 35.5. The van der Waals surface area contributed by atoms with Gasteiger partial charge in [-0.1, -0.05) is 11.6 Å². The summed E-state index contributed by atoms with van der Waals surface area (Å²) in [6.45, 7) is 0.239. The van der Waals surface area contributed by atoms with Crippen LogP contribution in [0.5, 0.6) is 5.75 Å². The fraction of sp³-hybridized carbons (Fsp3) is 0.316. The summed E-state index contributed by atoms with van der Waals surface area (Å²) in [5.41, 5.74) is 0.107. The zero-order chi connectivity index (χ0) is 21.2. The maximum atomic E-state index is 13.3. The Bertz CT molecular complexity index is 1030. The van der Waals surface area contributed by atoms with Gasteiger partial charge in [-0.25, -0.2) is 17.2 Å². The minimum Gasteiger partial charge on any atom is -0.495 e. The minimum absolute atomic E-state index is 0.00460. The Labute approximate surface area is 172 Å². The molecule has 6 nitrogen and oxygen atoms in total. The summed E-state index contributed by atoms with van der Waals surface area (Å²) in [6, 6.07) is 7.20. The number of piperidine rings is 1. The Kier molecular flexibility index (Phi) is 6.40. The number of anilines is 1. The SMILES string of the molecule is COc1ccc(S(=O)(=O)N2CCC[C@@H](C(=O)Nc3ccc(F)c(F)c3)C2)cc1Cl. The van der Waals surface area contributed by atoms with Crippen LogP contribution in [0.15, 0.2) is 41.3 Å². The molecule has 1 atom stereocenters. The van der Waals surface area contributed by atoms with E-state index in [0.717, 1.165) is 12.1 Å². The molecule has 1 N–H and O–H groups in total. The standard InChI is InChI=1S/C19H19ClF2N2O4S/c1-28-18-7-5-14(10-15(18)20)29(26,27)24-8-2-3-12(11-24)19(25)23-13-4-6-16(21)17(22)9-13/h4-7,9-10,12H,2-3,8,11H2,1H3,(H,23,25)/t12-/m1/s1. The van der Waals surface area contributed by atoms with Crippen molar-refractivity contribution in [2.24, 2.45) is 5.92 Å². The molecule has 0 saturated carbocycles. The molecule has 1 fully saturated rings. The van der Waals surface area contributed by atoms with Crippen LogP contribution in [0.4, 0.5) is 14.5 Å². The smallest absolute Gasteiger partial charge is 0.243 e. The molecule has 1 aliphatic heterocycles. The molecule has 1 saturated heterocycles. The third-order valence-electron chi connectivity index (χ3n) is 4.70. The van der Waals surface area contributed by atoms with Gasteiger partial charge in [0.2, 0.25) is 15.9 Å². The molecule has 0 spiro atoms. The van der Waals surface area contributed by atoms with Gasteiger partial charge in [0.05, 0.1) is 22.9 Å². The van der Waals surface area contributed by atoms with Crippen LogP contribution in [0.25, 0.3) is 0 Å². The van der Waals surface area contributed by atoms with Crippen molar-refractivity contribution in [2.75, 3.05) is 25.5 Å². The third-order valence-corrected chi connectivity index (χ3v) is 6.86. The number of carbonyl (C=O) groups is 1. The van der Waals surface area contributed by atoms with Crippen LogP contribution in [0.1, 0.15) is 12.8 Å². The predicted molar refractivity (Wildman–Crippen MR) is 104 cm³/mol. The van der Waals surface area contributed by atoms with Gasteiger partial charge < -0.3 is 10.1 Å². The normalized spacial score (nSPS) is 17.7. The summed E-state index contributed by atoms with van der Waals surface area (Å²) in [5, 5.41) is 2.68. The number of halogens is 3. The highest BCUT2D eigenvalue weighted by molar-refractivity contribution is 7.89. The van der Waals surface area contributed by atoms with E-state index in [1.165, 1.54) is 35.7 Å². The second-order valence-corrected chi connectivity index (χ2v) is 8.96. The maximum Gasteiger partial charge on any atom is 0.243 e. The molecule has 0 aromatic heterocycles. The zero-order valence-corrected chi connectivity index (χ0v) is 17.1. The van der Waals surface area contributed by atoms with Gasteiger partial charge in [-0.05, 0) is 43.2 Å². The van der Waals surface area contributed by atoms with Crippen molar-refractivity contribution in [1.82, 2.24) is 4.31 Å². The number of benzene rings is 2. The summed E-state index contributed by atoms with van der Waals surface area (Å²) in [5.74, 6) is -2.82. The van der Waals surface area contributed by atoms with Gasteiger partial charge in [0.25, 0.3) is 0 Å². The Balaban J connectivity index is 1.74. The monoisotopic (exact) mass is 444 g/mol. The van der Waals surface area contributed by atoms with Gasteiger partial charge >= 0.3 is 0 Å². The number of carbonyl (C=O) groups excluding carboxylic acids is 1. The number of ether oxygens (including phenoxy) is 1. The van der Waals surface area contributed by atoms with Gasteiger partial charge in [0.15, 0.2) is 11.6 Å². The largest absolute Gasteiger partial charge is 0.495 e. The Morgan fingerprint density at radius 3 is 2.62 bits per heavy atom. The summed E-state index contributed by atoms with van der Waals surface area (Å²) in [4.78, 5) is 12.5. The lowest BCUT2D eigenvalue weighted by Gasteiger charge is -2.31. The number of hydrogen-bond donors (Lipinski definition) is 1. The molecule has 2 aromatic carbocycles. The van der Waals surface area contributed by atoms with Crippen LogP contribution in [0.2, 0.25) is 5.02 Å². The van der Waals surface area contributed by atoms with E-state index in [2.05, 4.69) is 5.32 Å². The first-order valence-electron chi connectivity index (χ1n) is 8.82. The van der Waals surface area contributed by atoms with Crippen molar-refractivity contribution in [3.63, 3.8) is 0 Å². The number of methoxy groups -OCH3 is 1. The molecule has 3 rings (SSSR count). The van der Waals surface area contributed by atoms with Crippen LogP contribution in [-0.4, -0.2) is 38.8 Å². The van der Waals surface area contributed by atoms with Crippen molar-refractivity contribution >= 4 is 33.2 Å². The fourth-order valence-corrected chi connectivity index (χ4v) is 5.02. The van der Waals surface area contributed by atoms with Gasteiger partial charge in [-0.2, -0.15) is 4.31 Å². The van der Waals surface area contributed by atoms with Crippen LogP contribution in [0, 0.1) is 17.6 Å². The van der Waals surface area contributed by atoms with E-state index in [0.29, 0.717) is 18.6 Å². The van der Waals surface area contributed by atoms with E-state index < -0.39 is 33.5 Å². The Morgan fingerprint density at radius 2 is 1.97 bits per heavy atom. The second kappa shape index (κ2) is 8.64. The van der Waals surface area contributed by atoms with Crippen LogP contribution >= 0.6 is 11.6 Å². The Morgan fingerprint density at radius 1 is 1.21 bits per heavy atom. The number of nitrogens with zero attached hydrogens (tertiary/aromatic N) is 1. The highest BCUT2D eigenvalue weighted by Gasteiger charge is 2.33. The van der Waals surface area contributed by atoms with E-state index in [9.17, 15) is 22.0 Å². The van der Waals surface area contributed by atoms with Crippen molar-refractivity contribution in [2.45, 2.75) is 17.7 Å².